The molecule has 0 saturated heterocycles. The zero-order chi connectivity index (χ0) is 18.6. The highest BCUT2D eigenvalue weighted by atomic mass is 32.2. The van der Waals surface area contributed by atoms with Crippen LogP contribution in [-0.4, -0.2) is 25.0 Å². The smallest absolute Gasteiger partial charge is 0.226 e. The third-order valence-electron chi connectivity index (χ3n) is 4.14. The van der Waals surface area contributed by atoms with Gasteiger partial charge in [-0.2, -0.15) is 0 Å². The molecule has 3 aromatic heterocycles. The average molecular weight is 381 g/mol. The number of aryl methyl sites for hydroxylation is 2. The van der Waals surface area contributed by atoms with E-state index in [4.69, 9.17) is 8.83 Å². The first-order chi connectivity index (χ1) is 13.2. The predicted octanol–water partition coefficient (Wildman–Crippen LogP) is 4.13. The summed E-state index contributed by atoms with van der Waals surface area (Å²) in [6, 6.07) is 12.2. The first kappa shape index (κ1) is 17.5. The number of hydrogen-bond acceptors (Lipinski definition) is 7. The SMILES string of the molecule is CCc1nnc(CSc2nnc(-c3ccoc3C)n2Cc2ccccc2)o1. The molecule has 4 rings (SSSR count). The van der Waals surface area contributed by atoms with Crippen LogP contribution in [-0.2, 0) is 18.7 Å². The third kappa shape index (κ3) is 3.80. The van der Waals surface area contributed by atoms with Crippen LogP contribution in [0.4, 0.5) is 0 Å². The standard InChI is InChI=1S/C19H19N5O2S/c1-3-16-20-21-17(26-16)12-27-19-23-22-18(15-9-10-25-13(15)2)24(19)11-14-7-5-4-6-8-14/h4-10H,3,11-12H2,1-2H3. The van der Waals surface area contributed by atoms with Crippen molar-refractivity contribution in [3.8, 4) is 11.4 Å². The van der Waals surface area contributed by atoms with E-state index in [1.807, 2.05) is 38.1 Å². The van der Waals surface area contributed by atoms with E-state index in [1.54, 1.807) is 6.26 Å². The first-order valence-electron chi connectivity index (χ1n) is 8.70. The maximum Gasteiger partial charge on any atom is 0.226 e. The van der Waals surface area contributed by atoms with E-state index in [9.17, 15) is 0 Å². The van der Waals surface area contributed by atoms with Gasteiger partial charge in [0.05, 0.1) is 24.1 Å². The Hall–Kier alpha value is -2.87. The van der Waals surface area contributed by atoms with Gasteiger partial charge < -0.3 is 8.83 Å². The van der Waals surface area contributed by atoms with Crippen molar-refractivity contribution in [1.82, 2.24) is 25.0 Å². The Morgan fingerprint density at radius 1 is 1.00 bits per heavy atom. The van der Waals surface area contributed by atoms with Crippen molar-refractivity contribution in [3.63, 3.8) is 0 Å². The lowest BCUT2D eigenvalue weighted by molar-refractivity contribution is 0.469. The summed E-state index contributed by atoms with van der Waals surface area (Å²) in [6.07, 6.45) is 2.40. The van der Waals surface area contributed by atoms with Gasteiger partial charge in [0, 0.05) is 6.42 Å². The molecule has 0 unspecified atom stereocenters. The zero-order valence-corrected chi connectivity index (χ0v) is 15.9. The van der Waals surface area contributed by atoms with Crippen molar-refractivity contribution in [2.75, 3.05) is 0 Å². The molecular formula is C19H19N5O2S. The summed E-state index contributed by atoms with van der Waals surface area (Å²) in [6.45, 7) is 4.58. The van der Waals surface area contributed by atoms with Crippen molar-refractivity contribution >= 4 is 11.8 Å². The van der Waals surface area contributed by atoms with Crippen molar-refractivity contribution in [1.29, 1.82) is 0 Å². The quantitative estimate of drug-likeness (QED) is 0.445. The van der Waals surface area contributed by atoms with E-state index < -0.39 is 0 Å². The average Bonchev–Trinajstić information content (AvgIpc) is 3.41. The number of aromatic nitrogens is 5. The van der Waals surface area contributed by atoms with E-state index in [0.717, 1.165) is 28.7 Å². The molecule has 27 heavy (non-hydrogen) atoms. The van der Waals surface area contributed by atoms with Gasteiger partial charge in [-0.15, -0.1) is 20.4 Å². The second-order valence-corrected chi connectivity index (χ2v) is 6.94. The molecule has 0 aliphatic heterocycles. The molecule has 0 aliphatic carbocycles. The maximum absolute atomic E-state index is 5.60. The lowest BCUT2D eigenvalue weighted by Gasteiger charge is -2.09. The summed E-state index contributed by atoms with van der Waals surface area (Å²) in [5, 5.41) is 17.7. The van der Waals surface area contributed by atoms with E-state index in [0.29, 0.717) is 24.1 Å². The highest BCUT2D eigenvalue weighted by Gasteiger charge is 2.18. The van der Waals surface area contributed by atoms with Gasteiger partial charge in [-0.1, -0.05) is 49.0 Å². The Kier molecular flexibility index (Phi) is 5.06. The molecule has 0 bridgehead atoms. The van der Waals surface area contributed by atoms with E-state index in [-0.39, 0.29) is 0 Å². The summed E-state index contributed by atoms with van der Waals surface area (Å²) in [4.78, 5) is 0. The second kappa shape index (κ2) is 7.79. The molecule has 0 amide bonds. The van der Waals surface area contributed by atoms with Gasteiger partial charge in [-0.05, 0) is 18.6 Å². The molecular weight excluding hydrogens is 362 g/mol. The molecule has 1 aromatic carbocycles. The number of hydrogen-bond donors (Lipinski definition) is 0. The van der Waals surface area contributed by atoms with Crippen molar-refractivity contribution in [2.24, 2.45) is 0 Å². The highest BCUT2D eigenvalue weighted by Crippen LogP contribution is 2.29. The van der Waals surface area contributed by atoms with Crippen LogP contribution >= 0.6 is 11.8 Å². The number of furan rings is 1. The monoisotopic (exact) mass is 381 g/mol. The Labute approximate surface area is 160 Å². The van der Waals surface area contributed by atoms with Crippen LogP contribution < -0.4 is 0 Å². The number of benzene rings is 1. The van der Waals surface area contributed by atoms with Crippen LogP contribution in [0.3, 0.4) is 0 Å². The van der Waals surface area contributed by atoms with Crippen LogP contribution in [0.5, 0.6) is 0 Å². The van der Waals surface area contributed by atoms with Crippen LogP contribution in [0.1, 0.15) is 30.0 Å². The normalized spacial score (nSPS) is 11.2. The van der Waals surface area contributed by atoms with Crippen molar-refractivity contribution in [2.45, 2.75) is 37.7 Å². The van der Waals surface area contributed by atoms with Crippen molar-refractivity contribution < 1.29 is 8.83 Å². The van der Waals surface area contributed by atoms with Gasteiger partial charge in [0.15, 0.2) is 11.0 Å². The highest BCUT2D eigenvalue weighted by molar-refractivity contribution is 7.98. The molecule has 8 heteroatoms. The fourth-order valence-electron chi connectivity index (χ4n) is 2.74. The van der Waals surface area contributed by atoms with E-state index in [2.05, 4.69) is 37.1 Å². The lowest BCUT2D eigenvalue weighted by Crippen LogP contribution is -2.04. The minimum Gasteiger partial charge on any atom is -0.469 e. The zero-order valence-electron chi connectivity index (χ0n) is 15.1. The van der Waals surface area contributed by atoms with Gasteiger partial charge in [0.2, 0.25) is 11.8 Å². The molecule has 4 aromatic rings. The van der Waals surface area contributed by atoms with Crippen LogP contribution in [0, 0.1) is 6.92 Å². The Balaban J connectivity index is 1.64. The molecule has 3 heterocycles. The van der Waals surface area contributed by atoms with Gasteiger partial charge in [0.25, 0.3) is 0 Å². The predicted molar refractivity (Wildman–Crippen MR) is 101 cm³/mol. The number of rotatable bonds is 7. The van der Waals surface area contributed by atoms with E-state index >= 15 is 0 Å². The van der Waals surface area contributed by atoms with Crippen LogP contribution in [0.25, 0.3) is 11.4 Å². The third-order valence-corrected chi connectivity index (χ3v) is 5.09. The maximum atomic E-state index is 5.60. The molecule has 0 atom stereocenters. The first-order valence-corrected chi connectivity index (χ1v) is 9.68. The lowest BCUT2D eigenvalue weighted by atomic mass is 10.2. The number of thioether (sulfide) groups is 1. The molecule has 0 aliphatic rings. The molecule has 0 radical (unpaired) electrons. The minimum absolute atomic E-state index is 0.546. The summed E-state index contributed by atoms with van der Waals surface area (Å²) >= 11 is 1.53. The van der Waals surface area contributed by atoms with Gasteiger partial charge in [0.1, 0.15) is 5.76 Å². The van der Waals surface area contributed by atoms with E-state index in [1.165, 1.54) is 17.3 Å². The van der Waals surface area contributed by atoms with Gasteiger partial charge in [-0.3, -0.25) is 4.57 Å². The fraction of sp³-hybridized carbons (Fsp3) is 0.263. The number of nitrogens with zero attached hydrogens (tertiary/aromatic N) is 5. The fourth-order valence-corrected chi connectivity index (χ4v) is 3.51. The largest absolute Gasteiger partial charge is 0.469 e. The summed E-state index contributed by atoms with van der Waals surface area (Å²) in [5.74, 6) is 3.38. The molecule has 7 nitrogen and oxygen atoms in total. The molecule has 0 spiro atoms. The van der Waals surface area contributed by atoms with Crippen LogP contribution in [0.2, 0.25) is 0 Å². The summed E-state index contributed by atoms with van der Waals surface area (Å²) in [5.41, 5.74) is 2.11. The Morgan fingerprint density at radius 3 is 2.52 bits per heavy atom. The molecule has 0 N–H and O–H groups in total. The molecule has 0 fully saturated rings. The summed E-state index contributed by atoms with van der Waals surface area (Å²) < 4.78 is 13.1. The van der Waals surface area contributed by atoms with Crippen LogP contribution in [0.15, 0.2) is 56.7 Å². The molecule has 138 valence electrons. The van der Waals surface area contributed by atoms with Gasteiger partial charge >= 0.3 is 0 Å². The second-order valence-electron chi connectivity index (χ2n) is 6.00. The summed E-state index contributed by atoms with van der Waals surface area (Å²) in [7, 11) is 0. The molecule has 0 saturated carbocycles. The Bertz CT molecular complexity index is 1020. The Morgan fingerprint density at radius 2 is 1.81 bits per heavy atom. The van der Waals surface area contributed by atoms with Gasteiger partial charge in [-0.25, -0.2) is 0 Å². The van der Waals surface area contributed by atoms with Crippen molar-refractivity contribution in [3.05, 3.63) is 65.8 Å². The topological polar surface area (TPSA) is 82.8 Å². The minimum atomic E-state index is 0.546.